The average molecular weight is 266 g/mol. The Hall–Kier alpha value is -0.910. The number of thiophene rings is 2. The first kappa shape index (κ1) is 11.2. The molecular formula is C12H14N2OS2. The van der Waals surface area contributed by atoms with E-state index in [1.54, 1.807) is 22.7 Å². The van der Waals surface area contributed by atoms with E-state index in [0.717, 1.165) is 24.5 Å². The maximum Gasteiger partial charge on any atom is 0.264 e. The summed E-state index contributed by atoms with van der Waals surface area (Å²) in [6.45, 7) is 4.64. The van der Waals surface area contributed by atoms with Crippen LogP contribution in [-0.2, 0) is 0 Å². The van der Waals surface area contributed by atoms with Crippen molar-refractivity contribution in [2.45, 2.75) is 13.0 Å². The van der Waals surface area contributed by atoms with Crippen LogP contribution >= 0.6 is 22.7 Å². The predicted molar refractivity (Wildman–Crippen MR) is 73.1 cm³/mol. The van der Waals surface area contributed by atoms with E-state index in [9.17, 15) is 4.79 Å². The Bertz CT molecular complexity index is 517. The van der Waals surface area contributed by atoms with Gasteiger partial charge in [0.25, 0.3) is 5.91 Å². The zero-order valence-corrected chi connectivity index (χ0v) is 11.2. The van der Waals surface area contributed by atoms with Crippen molar-refractivity contribution < 1.29 is 4.79 Å². The monoisotopic (exact) mass is 266 g/mol. The molecule has 1 N–H and O–H groups in total. The minimum absolute atomic E-state index is 0.187. The molecule has 1 fully saturated rings. The maximum absolute atomic E-state index is 12.3. The lowest BCUT2D eigenvalue weighted by molar-refractivity contribution is 0.0714. The van der Waals surface area contributed by atoms with Crippen molar-refractivity contribution in [1.29, 1.82) is 0 Å². The van der Waals surface area contributed by atoms with Crippen LogP contribution in [0.5, 0.6) is 0 Å². The van der Waals surface area contributed by atoms with Crippen LogP contribution in [0.1, 0.15) is 16.6 Å². The van der Waals surface area contributed by atoms with Gasteiger partial charge in [0, 0.05) is 35.1 Å². The molecule has 5 heteroatoms. The first-order chi connectivity index (χ1) is 8.24. The average Bonchev–Trinajstić information content (AvgIpc) is 2.88. The Morgan fingerprint density at radius 3 is 3.18 bits per heavy atom. The summed E-state index contributed by atoms with van der Waals surface area (Å²) in [4.78, 5) is 15.2. The van der Waals surface area contributed by atoms with Crippen molar-refractivity contribution in [1.82, 2.24) is 10.2 Å². The molecule has 0 spiro atoms. The van der Waals surface area contributed by atoms with Crippen LogP contribution in [0.15, 0.2) is 17.5 Å². The summed E-state index contributed by atoms with van der Waals surface area (Å²) in [5.74, 6) is 0.187. The second-order valence-corrected chi connectivity index (χ2v) is 6.40. The molecule has 0 radical (unpaired) electrons. The third-order valence-corrected chi connectivity index (χ3v) is 5.09. The molecule has 0 saturated carbocycles. The maximum atomic E-state index is 12.3. The summed E-state index contributed by atoms with van der Waals surface area (Å²) in [6, 6.07) is 4.51. The minimum Gasteiger partial charge on any atom is -0.335 e. The minimum atomic E-state index is 0.187. The zero-order chi connectivity index (χ0) is 11.8. The molecule has 2 aromatic heterocycles. The molecule has 1 saturated heterocycles. The number of nitrogens with one attached hydrogen (secondary N) is 1. The Labute approximate surface area is 108 Å². The molecule has 1 amide bonds. The third-order valence-electron chi connectivity index (χ3n) is 3.01. The Morgan fingerprint density at radius 1 is 1.53 bits per heavy atom. The number of fused-ring (bicyclic) bond motifs is 1. The van der Waals surface area contributed by atoms with Crippen molar-refractivity contribution >= 4 is 38.0 Å². The van der Waals surface area contributed by atoms with Gasteiger partial charge in [0.1, 0.15) is 0 Å². The number of carbonyl (C=O) groups excluding carboxylic acids is 1. The summed E-state index contributed by atoms with van der Waals surface area (Å²) in [5.41, 5.74) is 0. The van der Waals surface area contributed by atoms with Gasteiger partial charge in [-0.1, -0.05) is 0 Å². The highest BCUT2D eigenvalue weighted by Crippen LogP contribution is 2.30. The first-order valence-corrected chi connectivity index (χ1v) is 7.43. The van der Waals surface area contributed by atoms with E-state index >= 15 is 0 Å². The first-order valence-electron chi connectivity index (χ1n) is 5.74. The third kappa shape index (κ3) is 2.10. The van der Waals surface area contributed by atoms with Crippen molar-refractivity contribution in [3.05, 3.63) is 22.4 Å². The van der Waals surface area contributed by atoms with E-state index in [-0.39, 0.29) is 5.91 Å². The van der Waals surface area contributed by atoms with E-state index in [1.807, 2.05) is 11.0 Å². The number of nitrogens with zero attached hydrogens (tertiary/aromatic N) is 1. The number of hydrogen-bond acceptors (Lipinski definition) is 4. The summed E-state index contributed by atoms with van der Waals surface area (Å²) >= 11 is 3.31. The number of carbonyl (C=O) groups is 1. The van der Waals surface area contributed by atoms with Gasteiger partial charge in [-0.15, -0.1) is 22.7 Å². The fourth-order valence-corrected chi connectivity index (χ4v) is 4.22. The molecule has 90 valence electrons. The largest absolute Gasteiger partial charge is 0.335 e. The molecule has 1 aliphatic heterocycles. The highest BCUT2D eigenvalue weighted by molar-refractivity contribution is 7.27. The second kappa shape index (κ2) is 4.40. The predicted octanol–water partition coefficient (Wildman–Crippen LogP) is 2.40. The van der Waals surface area contributed by atoms with Crippen LogP contribution in [0, 0.1) is 0 Å². The Morgan fingerprint density at radius 2 is 2.41 bits per heavy atom. The summed E-state index contributed by atoms with van der Waals surface area (Å²) in [5, 5.41) is 5.42. The molecule has 2 aromatic rings. The summed E-state index contributed by atoms with van der Waals surface area (Å²) in [6.07, 6.45) is 0. The van der Waals surface area contributed by atoms with E-state index < -0.39 is 0 Å². The van der Waals surface area contributed by atoms with Crippen LogP contribution in [0.3, 0.4) is 0 Å². The Balaban J connectivity index is 1.83. The number of piperazine rings is 1. The quantitative estimate of drug-likeness (QED) is 0.859. The molecule has 3 rings (SSSR count). The fraction of sp³-hybridized carbons (Fsp3) is 0.417. The van der Waals surface area contributed by atoms with Crippen molar-refractivity contribution in [2.24, 2.45) is 0 Å². The lowest BCUT2D eigenvalue weighted by Gasteiger charge is -2.31. The molecule has 3 nitrogen and oxygen atoms in total. The molecule has 1 atom stereocenters. The van der Waals surface area contributed by atoms with Gasteiger partial charge in [0.05, 0.1) is 4.88 Å². The van der Waals surface area contributed by atoms with Crippen LogP contribution < -0.4 is 5.32 Å². The van der Waals surface area contributed by atoms with E-state index in [4.69, 9.17) is 0 Å². The fourth-order valence-electron chi connectivity index (χ4n) is 2.14. The summed E-state index contributed by atoms with van der Waals surface area (Å²) < 4.78 is 2.45. The topological polar surface area (TPSA) is 32.3 Å². The van der Waals surface area contributed by atoms with Crippen molar-refractivity contribution in [3.8, 4) is 0 Å². The summed E-state index contributed by atoms with van der Waals surface area (Å²) in [7, 11) is 0. The van der Waals surface area contributed by atoms with Crippen LogP contribution in [0.4, 0.5) is 0 Å². The number of rotatable bonds is 1. The number of hydrogen-bond donors (Lipinski definition) is 1. The van der Waals surface area contributed by atoms with Gasteiger partial charge in [-0.2, -0.15) is 0 Å². The highest BCUT2D eigenvalue weighted by Gasteiger charge is 2.23. The second-order valence-electron chi connectivity index (χ2n) is 4.37. The van der Waals surface area contributed by atoms with Gasteiger partial charge in [-0.25, -0.2) is 0 Å². The molecule has 0 aliphatic carbocycles. The Kier molecular flexibility index (Phi) is 2.90. The number of amides is 1. The molecule has 3 heterocycles. The van der Waals surface area contributed by atoms with Gasteiger partial charge >= 0.3 is 0 Å². The van der Waals surface area contributed by atoms with Gasteiger partial charge in [0.2, 0.25) is 0 Å². The molecule has 0 aromatic carbocycles. The van der Waals surface area contributed by atoms with Crippen LogP contribution in [0.2, 0.25) is 0 Å². The van der Waals surface area contributed by atoms with Gasteiger partial charge in [-0.3, -0.25) is 4.79 Å². The lowest BCUT2D eigenvalue weighted by Crippen LogP contribution is -2.51. The zero-order valence-electron chi connectivity index (χ0n) is 9.60. The molecule has 0 bridgehead atoms. The van der Waals surface area contributed by atoms with Gasteiger partial charge in [0.15, 0.2) is 0 Å². The SMILES string of the molecule is C[C@H]1CN(C(=O)c2cc3sccc3s2)CCN1. The molecule has 1 aliphatic rings. The molecular weight excluding hydrogens is 252 g/mol. The van der Waals surface area contributed by atoms with Gasteiger partial charge in [-0.05, 0) is 24.4 Å². The van der Waals surface area contributed by atoms with Crippen LogP contribution in [0.25, 0.3) is 9.40 Å². The normalized spacial score (nSPS) is 21.0. The smallest absolute Gasteiger partial charge is 0.264 e. The van der Waals surface area contributed by atoms with Gasteiger partial charge < -0.3 is 10.2 Å². The standard InChI is InChI=1S/C12H14N2OS2/c1-8-7-14(4-3-13-8)12(15)11-6-10-9(17-11)2-5-16-10/h2,5-6,8,13H,3-4,7H2,1H3/t8-/m0/s1. The van der Waals surface area contributed by atoms with Crippen molar-refractivity contribution in [2.75, 3.05) is 19.6 Å². The highest BCUT2D eigenvalue weighted by atomic mass is 32.1. The molecule has 0 unspecified atom stereocenters. The van der Waals surface area contributed by atoms with E-state index in [1.165, 1.54) is 9.40 Å². The molecule has 17 heavy (non-hydrogen) atoms. The lowest BCUT2D eigenvalue weighted by atomic mass is 10.2. The van der Waals surface area contributed by atoms with E-state index in [2.05, 4.69) is 23.7 Å². The van der Waals surface area contributed by atoms with Crippen molar-refractivity contribution in [3.63, 3.8) is 0 Å². The van der Waals surface area contributed by atoms with E-state index in [0.29, 0.717) is 6.04 Å². The van der Waals surface area contributed by atoms with Crippen LogP contribution in [-0.4, -0.2) is 36.5 Å².